The van der Waals surface area contributed by atoms with Gasteiger partial charge in [0.1, 0.15) is 28.4 Å². The number of ether oxygens (including phenoxy) is 1. The van der Waals surface area contributed by atoms with Gasteiger partial charge in [0.25, 0.3) is 0 Å². The molecule has 5 aromatic rings. The van der Waals surface area contributed by atoms with E-state index in [4.69, 9.17) is 4.74 Å². The standard InChI is InChI=1S/C27H22N4O/c1-18-22(16-19-8-4-3-5-9-19)26(29-20-12-14-21(32-2)15-13-20)31-25-11-7-6-10-24(25)30-27(31)23(18)17-28/h3-15H,16H2,1-2H3,(H,29,30)/p+1. The molecule has 0 fully saturated rings. The van der Waals surface area contributed by atoms with Gasteiger partial charge in [0.15, 0.2) is 0 Å². The van der Waals surface area contributed by atoms with E-state index in [9.17, 15) is 5.26 Å². The zero-order valence-corrected chi connectivity index (χ0v) is 18.0. The van der Waals surface area contributed by atoms with Gasteiger partial charge in [0.05, 0.1) is 12.8 Å². The minimum Gasteiger partial charge on any atom is -0.497 e. The lowest BCUT2D eigenvalue weighted by Crippen LogP contribution is -2.28. The maximum atomic E-state index is 10.1. The monoisotopic (exact) mass is 419 g/mol. The van der Waals surface area contributed by atoms with Gasteiger partial charge in [-0.25, -0.2) is 0 Å². The Bertz CT molecular complexity index is 1460. The van der Waals surface area contributed by atoms with E-state index in [0.29, 0.717) is 12.0 Å². The first kappa shape index (κ1) is 19.7. The third kappa shape index (κ3) is 3.32. The van der Waals surface area contributed by atoms with Gasteiger partial charge in [-0.3, -0.25) is 10.3 Å². The molecule has 2 aromatic heterocycles. The summed E-state index contributed by atoms with van der Waals surface area (Å²) in [4.78, 5) is 3.45. The Morgan fingerprint density at radius 2 is 1.69 bits per heavy atom. The number of para-hydroxylation sites is 2. The van der Waals surface area contributed by atoms with Crippen molar-refractivity contribution in [2.24, 2.45) is 0 Å². The second-order valence-corrected chi connectivity index (χ2v) is 7.78. The third-order valence-electron chi connectivity index (χ3n) is 5.88. The van der Waals surface area contributed by atoms with Gasteiger partial charge in [0, 0.05) is 12.0 Å². The van der Waals surface area contributed by atoms with Crippen LogP contribution in [0.4, 0.5) is 11.5 Å². The fraction of sp³-hybridized carbons (Fsp3) is 0.111. The summed E-state index contributed by atoms with van der Waals surface area (Å²) in [6, 6.07) is 28.8. The van der Waals surface area contributed by atoms with Gasteiger partial charge in [-0.05, 0) is 54.4 Å². The van der Waals surface area contributed by atoms with E-state index >= 15 is 0 Å². The second kappa shape index (κ2) is 8.09. The number of imidazole rings is 1. The number of aromatic nitrogens is 2. The fourth-order valence-electron chi connectivity index (χ4n) is 4.22. The van der Waals surface area contributed by atoms with Crippen molar-refractivity contribution in [2.45, 2.75) is 13.3 Å². The second-order valence-electron chi connectivity index (χ2n) is 7.78. The summed E-state index contributed by atoms with van der Waals surface area (Å²) in [6.45, 7) is 2.03. The average Bonchev–Trinajstić information content (AvgIpc) is 3.22. The molecule has 2 N–H and O–H groups in total. The van der Waals surface area contributed by atoms with Gasteiger partial charge < -0.3 is 4.74 Å². The Kier molecular flexibility index (Phi) is 4.97. The smallest absolute Gasteiger partial charge is 0.250 e. The Labute approximate surface area is 186 Å². The number of rotatable bonds is 5. The van der Waals surface area contributed by atoms with Crippen molar-refractivity contribution in [1.29, 1.82) is 5.26 Å². The highest BCUT2D eigenvalue weighted by atomic mass is 16.5. The SMILES string of the molecule is COc1ccc(Nc2c(Cc3ccccc3)c(C)c(C#N)c3[nH]c4ccccc4[n+]23)cc1. The topological polar surface area (TPSA) is 64.9 Å². The molecular formula is C27H23N4O+. The van der Waals surface area contributed by atoms with E-state index in [-0.39, 0.29) is 0 Å². The summed E-state index contributed by atoms with van der Waals surface area (Å²) in [7, 11) is 1.66. The summed E-state index contributed by atoms with van der Waals surface area (Å²) in [5, 5.41) is 13.7. The lowest BCUT2D eigenvalue weighted by Gasteiger charge is -2.14. The van der Waals surface area contributed by atoms with Crippen LogP contribution in [0.15, 0.2) is 78.9 Å². The number of hydrogen-bond acceptors (Lipinski definition) is 3. The van der Waals surface area contributed by atoms with Gasteiger partial charge in [-0.2, -0.15) is 9.66 Å². The minimum absolute atomic E-state index is 0.660. The van der Waals surface area contributed by atoms with Crippen LogP contribution in [0, 0.1) is 18.3 Å². The van der Waals surface area contributed by atoms with Crippen LogP contribution < -0.4 is 14.5 Å². The van der Waals surface area contributed by atoms with Crippen LogP contribution in [0.5, 0.6) is 5.75 Å². The number of nitrogens with one attached hydrogen (secondary N) is 2. The molecule has 0 aliphatic rings. The maximum Gasteiger partial charge on any atom is 0.250 e. The summed E-state index contributed by atoms with van der Waals surface area (Å²) in [5.41, 5.74) is 7.65. The highest BCUT2D eigenvalue weighted by Gasteiger charge is 2.26. The van der Waals surface area contributed by atoms with Crippen molar-refractivity contribution in [3.05, 3.63) is 101 Å². The molecule has 0 saturated heterocycles. The first-order chi connectivity index (χ1) is 15.7. The molecule has 0 saturated carbocycles. The first-order valence-electron chi connectivity index (χ1n) is 10.5. The van der Waals surface area contributed by atoms with Crippen LogP contribution in [0.1, 0.15) is 22.3 Å². The number of nitrogens with zero attached hydrogens (tertiary/aromatic N) is 2. The lowest BCUT2D eigenvalue weighted by atomic mass is 9.97. The molecule has 2 heterocycles. The summed E-state index contributed by atoms with van der Waals surface area (Å²) in [6.07, 6.45) is 0.711. The van der Waals surface area contributed by atoms with Crippen LogP contribution in [0.2, 0.25) is 0 Å². The number of pyridine rings is 1. The van der Waals surface area contributed by atoms with Crippen molar-refractivity contribution in [3.63, 3.8) is 0 Å². The zero-order chi connectivity index (χ0) is 22.1. The molecule has 5 nitrogen and oxygen atoms in total. The van der Waals surface area contributed by atoms with Crippen LogP contribution in [0.3, 0.4) is 0 Å². The predicted octanol–water partition coefficient (Wildman–Crippen LogP) is 5.43. The van der Waals surface area contributed by atoms with Gasteiger partial charge in [-0.15, -0.1) is 0 Å². The quantitative estimate of drug-likeness (QED) is 0.373. The van der Waals surface area contributed by atoms with E-state index < -0.39 is 0 Å². The van der Waals surface area contributed by atoms with Gasteiger partial charge in [-0.1, -0.05) is 42.5 Å². The molecule has 32 heavy (non-hydrogen) atoms. The molecule has 5 rings (SSSR count). The molecule has 0 unspecified atom stereocenters. The summed E-state index contributed by atoms with van der Waals surface area (Å²) >= 11 is 0. The molecule has 0 amide bonds. The minimum atomic E-state index is 0.660. The predicted molar refractivity (Wildman–Crippen MR) is 126 cm³/mol. The Morgan fingerprint density at radius 1 is 0.969 bits per heavy atom. The van der Waals surface area contributed by atoms with E-state index in [1.807, 2.05) is 67.6 Å². The first-order valence-corrected chi connectivity index (χ1v) is 10.5. The fourth-order valence-corrected chi connectivity index (χ4v) is 4.22. The van der Waals surface area contributed by atoms with Gasteiger partial charge in [0.2, 0.25) is 11.5 Å². The molecule has 0 atom stereocenters. The number of aromatic amines is 1. The highest BCUT2D eigenvalue weighted by Crippen LogP contribution is 2.30. The average molecular weight is 420 g/mol. The number of methoxy groups -OCH3 is 1. The van der Waals surface area contributed by atoms with Crippen molar-refractivity contribution in [2.75, 3.05) is 12.4 Å². The van der Waals surface area contributed by atoms with Crippen LogP contribution in [-0.2, 0) is 6.42 Å². The van der Waals surface area contributed by atoms with E-state index in [2.05, 4.69) is 39.0 Å². The highest BCUT2D eigenvalue weighted by molar-refractivity contribution is 5.79. The molecule has 0 aliphatic heterocycles. The molecule has 0 spiro atoms. The number of nitriles is 1. The maximum absolute atomic E-state index is 10.1. The van der Waals surface area contributed by atoms with E-state index in [1.54, 1.807) is 7.11 Å². The van der Waals surface area contributed by atoms with Crippen LogP contribution in [0.25, 0.3) is 16.7 Å². The van der Waals surface area contributed by atoms with Crippen molar-refractivity contribution < 1.29 is 9.14 Å². The van der Waals surface area contributed by atoms with Gasteiger partial charge >= 0.3 is 0 Å². The summed E-state index contributed by atoms with van der Waals surface area (Å²) < 4.78 is 7.44. The molecular weight excluding hydrogens is 396 g/mol. The molecule has 3 aromatic carbocycles. The van der Waals surface area contributed by atoms with Crippen molar-refractivity contribution >= 4 is 28.2 Å². The molecule has 5 heteroatoms. The molecule has 0 aliphatic carbocycles. The number of H-pyrrole nitrogens is 1. The zero-order valence-electron chi connectivity index (χ0n) is 18.0. The normalized spacial score (nSPS) is 10.9. The number of benzene rings is 3. The number of fused-ring (bicyclic) bond motifs is 3. The van der Waals surface area contributed by atoms with E-state index in [1.165, 1.54) is 5.56 Å². The molecule has 156 valence electrons. The number of hydrogen-bond donors (Lipinski definition) is 2. The summed E-state index contributed by atoms with van der Waals surface area (Å²) in [5.74, 6) is 1.75. The Morgan fingerprint density at radius 3 is 2.41 bits per heavy atom. The largest absolute Gasteiger partial charge is 0.497 e. The van der Waals surface area contributed by atoms with E-state index in [0.717, 1.165) is 45.1 Å². The van der Waals surface area contributed by atoms with Crippen LogP contribution >= 0.6 is 0 Å². The number of anilines is 2. The molecule has 0 radical (unpaired) electrons. The van der Waals surface area contributed by atoms with Crippen molar-refractivity contribution in [1.82, 2.24) is 4.98 Å². The lowest BCUT2D eigenvalue weighted by molar-refractivity contribution is -0.465. The molecule has 0 bridgehead atoms. The van der Waals surface area contributed by atoms with Crippen LogP contribution in [-0.4, -0.2) is 12.1 Å². The Balaban J connectivity index is 1.80. The van der Waals surface area contributed by atoms with Crippen molar-refractivity contribution in [3.8, 4) is 11.8 Å². The Hall–Kier alpha value is -4.30. The third-order valence-corrected chi connectivity index (χ3v) is 5.88.